The lowest BCUT2D eigenvalue weighted by atomic mass is 9.69. The van der Waals surface area contributed by atoms with Gasteiger partial charge in [0.15, 0.2) is 0 Å². The Hall–Kier alpha value is -0.860. The smallest absolute Gasteiger partial charge is 0.0717 e. The molecule has 2 fully saturated rings. The van der Waals surface area contributed by atoms with Crippen LogP contribution in [0, 0.1) is 5.41 Å². The summed E-state index contributed by atoms with van der Waals surface area (Å²) in [6.07, 6.45) is 9.55. The van der Waals surface area contributed by atoms with E-state index in [-0.39, 0.29) is 0 Å². The lowest BCUT2D eigenvalue weighted by molar-refractivity contribution is -0.00875. The summed E-state index contributed by atoms with van der Waals surface area (Å²) in [6.45, 7) is 2.89. The predicted octanol–water partition coefficient (Wildman–Crippen LogP) is 3.91. The summed E-state index contributed by atoms with van der Waals surface area (Å²) in [5.41, 5.74) is 1.70. The minimum Gasteiger partial charge on any atom is -0.376 e. The van der Waals surface area contributed by atoms with Gasteiger partial charge in [0, 0.05) is 11.5 Å². The molecular weight excluding hydrogens is 246 g/mol. The highest BCUT2D eigenvalue weighted by atomic mass is 16.5. The van der Waals surface area contributed by atoms with Gasteiger partial charge in [0.25, 0.3) is 0 Å². The van der Waals surface area contributed by atoms with Crippen LogP contribution in [-0.2, 0) is 11.3 Å². The van der Waals surface area contributed by atoms with Crippen molar-refractivity contribution < 1.29 is 4.74 Å². The second kappa shape index (κ2) is 6.73. The van der Waals surface area contributed by atoms with E-state index in [2.05, 4.69) is 35.6 Å². The third kappa shape index (κ3) is 3.24. The molecule has 2 nitrogen and oxygen atoms in total. The maximum absolute atomic E-state index is 6.13. The van der Waals surface area contributed by atoms with Gasteiger partial charge in [-0.1, -0.05) is 49.6 Å². The molecule has 2 heteroatoms. The molecular formula is C18H27NO. The van der Waals surface area contributed by atoms with Crippen LogP contribution >= 0.6 is 0 Å². The molecule has 2 aliphatic rings. The molecule has 1 aromatic carbocycles. The van der Waals surface area contributed by atoms with Crippen LogP contribution in [0.3, 0.4) is 0 Å². The van der Waals surface area contributed by atoms with Crippen LogP contribution in [0.25, 0.3) is 0 Å². The Balaban J connectivity index is 1.58. The van der Waals surface area contributed by atoms with Crippen LogP contribution in [-0.4, -0.2) is 19.2 Å². The first-order valence-corrected chi connectivity index (χ1v) is 8.24. The summed E-state index contributed by atoms with van der Waals surface area (Å²) in [5, 5.41) is 3.74. The standard InChI is InChI=1S/C18H27NO/c1-3-8-16(9-4-1)14-20-15-18(11-5-2-6-12-18)17-10-7-13-19-17/h1,3-4,8-9,17,19H,2,5-7,10-15H2. The van der Waals surface area contributed by atoms with E-state index in [1.807, 2.05) is 0 Å². The molecule has 1 aliphatic heterocycles. The molecule has 0 amide bonds. The van der Waals surface area contributed by atoms with Crippen molar-refractivity contribution in [2.24, 2.45) is 5.41 Å². The van der Waals surface area contributed by atoms with Crippen LogP contribution in [0.4, 0.5) is 0 Å². The van der Waals surface area contributed by atoms with E-state index in [1.54, 1.807) is 0 Å². The zero-order valence-corrected chi connectivity index (χ0v) is 12.4. The van der Waals surface area contributed by atoms with Crippen LogP contribution in [0.5, 0.6) is 0 Å². The molecule has 1 aromatic rings. The van der Waals surface area contributed by atoms with Crippen LogP contribution < -0.4 is 5.32 Å². The van der Waals surface area contributed by atoms with E-state index in [0.29, 0.717) is 11.5 Å². The van der Waals surface area contributed by atoms with Gasteiger partial charge in [0.1, 0.15) is 0 Å². The van der Waals surface area contributed by atoms with Crippen molar-refractivity contribution in [2.75, 3.05) is 13.2 Å². The zero-order chi connectivity index (χ0) is 13.7. The van der Waals surface area contributed by atoms with Gasteiger partial charge in [-0.05, 0) is 37.8 Å². The van der Waals surface area contributed by atoms with Gasteiger partial charge in [-0.3, -0.25) is 0 Å². The number of ether oxygens (including phenoxy) is 1. The van der Waals surface area contributed by atoms with Crippen LogP contribution in [0.15, 0.2) is 30.3 Å². The average Bonchev–Trinajstić information content (AvgIpc) is 3.04. The predicted molar refractivity (Wildman–Crippen MR) is 82.6 cm³/mol. The highest BCUT2D eigenvalue weighted by Gasteiger charge is 2.41. The SMILES string of the molecule is c1ccc(COCC2(C3CCCN3)CCCCC2)cc1. The fourth-order valence-electron chi connectivity index (χ4n) is 4.00. The van der Waals surface area contributed by atoms with E-state index in [4.69, 9.17) is 4.74 Å². The highest BCUT2D eigenvalue weighted by Crippen LogP contribution is 2.42. The minimum absolute atomic E-state index is 0.406. The van der Waals surface area contributed by atoms with Gasteiger partial charge in [0.05, 0.1) is 13.2 Å². The molecule has 0 radical (unpaired) electrons. The van der Waals surface area contributed by atoms with Crippen LogP contribution in [0.1, 0.15) is 50.5 Å². The Kier molecular flexibility index (Phi) is 4.74. The van der Waals surface area contributed by atoms with Crippen molar-refractivity contribution in [1.29, 1.82) is 0 Å². The average molecular weight is 273 g/mol. The van der Waals surface area contributed by atoms with E-state index < -0.39 is 0 Å². The van der Waals surface area contributed by atoms with Crippen molar-refractivity contribution in [2.45, 2.75) is 57.6 Å². The molecule has 0 spiro atoms. The number of nitrogens with one attached hydrogen (secondary N) is 1. The van der Waals surface area contributed by atoms with Gasteiger partial charge in [-0.25, -0.2) is 0 Å². The summed E-state index contributed by atoms with van der Waals surface area (Å²) < 4.78 is 6.13. The molecule has 110 valence electrons. The van der Waals surface area contributed by atoms with Crippen LogP contribution in [0.2, 0.25) is 0 Å². The van der Waals surface area contributed by atoms with Gasteiger partial charge in [-0.15, -0.1) is 0 Å². The lowest BCUT2D eigenvalue weighted by Crippen LogP contribution is -2.46. The maximum atomic E-state index is 6.13. The van der Waals surface area contributed by atoms with Crippen molar-refractivity contribution in [3.8, 4) is 0 Å². The second-order valence-electron chi connectivity index (χ2n) is 6.55. The monoisotopic (exact) mass is 273 g/mol. The Morgan fingerprint density at radius 2 is 1.85 bits per heavy atom. The molecule has 1 saturated carbocycles. The number of hydrogen-bond donors (Lipinski definition) is 1. The third-order valence-electron chi connectivity index (χ3n) is 5.15. The Morgan fingerprint density at radius 1 is 1.05 bits per heavy atom. The van der Waals surface area contributed by atoms with E-state index >= 15 is 0 Å². The third-order valence-corrected chi connectivity index (χ3v) is 5.15. The van der Waals surface area contributed by atoms with E-state index in [9.17, 15) is 0 Å². The topological polar surface area (TPSA) is 21.3 Å². The van der Waals surface area contributed by atoms with Crippen molar-refractivity contribution >= 4 is 0 Å². The first-order chi connectivity index (χ1) is 9.89. The molecule has 1 unspecified atom stereocenters. The highest BCUT2D eigenvalue weighted by molar-refractivity contribution is 5.13. The lowest BCUT2D eigenvalue weighted by Gasteiger charge is -2.42. The van der Waals surface area contributed by atoms with E-state index in [0.717, 1.165) is 13.2 Å². The maximum Gasteiger partial charge on any atom is 0.0717 e. The summed E-state index contributed by atoms with van der Waals surface area (Å²) in [5.74, 6) is 0. The molecule has 1 saturated heterocycles. The molecule has 1 N–H and O–H groups in total. The van der Waals surface area contributed by atoms with Gasteiger partial charge < -0.3 is 10.1 Å². The van der Waals surface area contributed by atoms with Crippen molar-refractivity contribution in [1.82, 2.24) is 5.32 Å². The van der Waals surface area contributed by atoms with Gasteiger partial charge in [-0.2, -0.15) is 0 Å². The fraction of sp³-hybridized carbons (Fsp3) is 0.667. The van der Waals surface area contributed by atoms with E-state index in [1.165, 1.54) is 57.1 Å². The first-order valence-electron chi connectivity index (χ1n) is 8.24. The summed E-state index contributed by atoms with van der Waals surface area (Å²) in [4.78, 5) is 0. The number of rotatable bonds is 5. The molecule has 3 rings (SSSR count). The second-order valence-corrected chi connectivity index (χ2v) is 6.55. The Morgan fingerprint density at radius 3 is 2.55 bits per heavy atom. The minimum atomic E-state index is 0.406. The molecule has 1 atom stereocenters. The normalized spacial score (nSPS) is 25.7. The molecule has 20 heavy (non-hydrogen) atoms. The van der Waals surface area contributed by atoms with Gasteiger partial charge in [0.2, 0.25) is 0 Å². The van der Waals surface area contributed by atoms with Crippen molar-refractivity contribution in [3.05, 3.63) is 35.9 Å². The molecule has 1 aliphatic carbocycles. The summed E-state index contributed by atoms with van der Waals surface area (Å²) >= 11 is 0. The van der Waals surface area contributed by atoms with Gasteiger partial charge >= 0.3 is 0 Å². The summed E-state index contributed by atoms with van der Waals surface area (Å²) in [6, 6.07) is 11.2. The number of benzene rings is 1. The molecule has 0 aromatic heterocycles. The first kappa shape index (κ1) is 14.1. The fourth-order valence-corrected chi connectivity index (χ4v) is 4.00. The molecule has 0 bridgehead atoms. The summed E-state index contributed by atoms with van der Waals surface area (Å²) in [7, 11) is 0. The number of hydrogen-bond acceptors (Lipinski definition) is 2. The Bertz CT molecular complexity index is 391. The largest absolute Gasteiger partial charge is 0.376 e. The van der Waals surface area contributed by atoms with Crippen molar-refractivity contribution in [3.63, 3.8) is 0 Å². The Labute approximate surface area is 122 Å². The quantitative estimate of drug-likeness (QED) is 0.878. The molecule has 1 heterocycles. The zero-order valence-electron chi connectivity index (χ0n) is 12.4.